The lowest BCUT2D eigenvalue weighted by Gasteiger charge is -2.23. The first kappa shape index (κ1) is 21.7. The second-order valence-corrected chi connectivity index (χ2v) is 14.5. The van der Waals surface area contributed by atoms with Crippen LogP contribution < -0.4 is 16.0 Å². The maximum Gasteiger partial charge on any atom is 0.320 e. The summed E-state index contributed by atoms with van der Waals surface area (Å²) < 4.78 is 7.73. The zero-order valence-electron chi connectivity index (χ0n) is 17.8. The number of fused-ring (bicyclic) bond motifs is 1. The third-order valence-corrected chi connectivity index (χ3v) is 6.83. The van der Waals surface area contributed by atoms with E-state index < -0.39 is 8.07 Å². The minimum atomic E-state index is -1.09. The smallest absolute Gasteiger partial charge is 0.320 e. The van der Waals surface area contributed by atoms with Gasteiger partial charge in [-0.1, -0.05) is 26.1 Å². The number of anilines is 1. The molecule has 0 radical (unpaired) electrons. The van der Waals surface area contributed by atoms with Crippen LogP contribution in [-0.2, 0) is 11.5 Å². The largest absolute Gasteiger partial charge is 0.361 e. The van der Waals surface area contributed by atoms with E-state index in [-0.39, 0.29) is 6.03 Å². The van der Waals surface area contributed by atoms with Crippen LogP contribution in [0.1, 0.15) is 25.7 Å². The average Bonchev–Trinajstić information content (AvgIpc) is 3.07. The van der Waals surface area contributed by atoms with Gasteiger partial charge in [0.2, 0.25) is 0 Å². The molecule has 2 aromatic rings. The van der Waals surface area contributed by atoms with Gasteiger partial charge in [0.15, 0.2) is 11.5 Å². The molecule has 3 rings (SSSR count). The van der Waals surface area contributed by atoms with Crippen LogP contribution in [0.3, 0.4) is 0 Å². The zero-order valence-corrected chi connectivity index (χ0v) is 18.8. The van der Waals surface area contributed by atoms with Crippen LogP contribution in [0.2, 0.25) is 25.7 Å². The van der Waals surface area contributed by atoms with Gasteiger partial charge in [-0.05, 0) is 37.9 Å². The first-order valence-electron chi connectivity index (χ1n) is 10.6. The number of rotatable bonds is 9. The van der Waals surface area contributed by atoms with Gasteiger partial charge in [0, 0.05) is 33.5 Å². The maximum absolute atomic E-state index is 12.1. The number of carbonyl (C=O) groups is 1. The van der Waals surface area contributed by atoms with Crippen molar-refractivity contribution in [1.29, 1.82) is 0 Å². The minimum absolute atomic E-state index is 0.247. The van der Waals surface area contributed by atoms with Crippen molar-refractivity contribution in [3.63, 3.8) is 0 Å². The van der Waals surface area contributed by atoms with E-state index in [0.29, 0.717) is 25.1 Å². The molecule has 0 bridgehead atoms. The van der Waals surface area contributed by atoms with Gasteiger partial charge in [-0.25, -0.2) is 14.8 Å². The van der Waals surface area contributed by atoms with Crippen molar-refractivity contribution in [3.8, 4) is 0 Å². The Bertz CT molecular complexity index is 798. The molecule has 0 spiro atoms. The summed E-state index contributed by atoms with van der Waals surface area (Å²) in [5.74, 6) is 0.447. The molecule has 1 atom stereocenters. The molecular weight excluding hydrogens is 384 g/mol. The molecule has 160 valence electrons. The van der Waals surface area contributed by atoms with Crippen molar-refractivity contribution in [2.75, 3.05) is 25.0 Å². The van der Waals surface area contributed by atoms with Crippen LogP contribution in [-0.4, -0.2) is 54.4 Å². The lowest BCUT2D eigenvalue weighted by Crippen LogP contribution is -2.38. The van der Waals surface area contributed by atoms with Gasteiger partial charge in [-0.15, -0.1) is 0 Å². The average molecular weight is 419 g/mol. The quantitative estimate of drug-likeness (QED) is 0.429. The Morgan fingerprint density at radius 1 is 1.38 bits per heavy atom. The molecule has 1 fully saturated rings. The molecule has 1 unspecified atom stereocenters. The highest BCUT2D eigenvalue weighted by atomic mass is 28.3. The number of carbonyl (C=O) groups excluding carboxylic acids is 1. The fourth-order valence-electron chi connectivity index (χ4n) is 3.36. The van der Waals surface area contributed by atoms with E-state index in [2.05, 4.69) is 45.6 Å². The van der Waals surface area contributed by atoms with Crippen LogP contribution in [0.25, 0.3) is 11.2 Å². The molecule has 8 nitrogen and oxygen atoms in total. The molecule has 3 N–H and O–H groups in total. The molecule has 29 heavy (non-hydrogen) atoms. The van der Waals surface area contributed by atoms with E-state index in [0.717, 1.165) is 36.8 Å². The van der Waals surface area contributed by atoms with Gasteiger partial charge in [0.05, 0.1) is 6.20 Å². The van der Waals surface area contributed by atoms with E-state index in [1.54, 1.807) is 6.20 Å². The van der Waals surface area contributed by atoms with Crippen LogP contribution in [0, 0.1) is 0 Å². The Labute approximate surface area is 173 Å². The summed E-state index contributed by atoms with van der Waals surface area (Å²) >= 11 is 0. The van der Waals surface area contributed by atoms with Crippen LogP contribution in [0.5, 0.6) is 0 Å². The van der Waals surface area contributed by atoms with E-state index in [1.165, 1.54) is 19.3 Å². The first-order chi connectivity index (χ1) is 13.9. The summed E-state index contributed by atoms with van der Waals surface area (Å²) in [6, 6.07) is 3.29. The fraction of sp³-hybridized carbons (Fsp3) is 0.650. The molecule has 9 heteroatoms. The van der Waals surface area contributed by atoms with Crippen LogP contribution in [0.15, 0.2) is 18.5 Å². The molecule has 0 saturated carbocycles. The molecule has 0 aliphatic carbocycles. The van der Waals surface area contributed by atoms with Gasteiger partial charge >= 0.3 is 6.03 Å². The Hall–Kier alpha value is -1.97. The lowest BCUT2D eigenvalue weighted by molar-refractivity contribution is 0.0899. The highest BCUT2D eigenvalue weighted by Crippen LogP contribution is 2.15. The van der Waals surface area contributed by atoms with Gasteiger partial charge < -0.3 is 19.9 Å². The third-order valence-electron chi connectivity index (χ3n) is 5.12. The van der Waals surface area contributed by atoms with E-state index >= 15 is 0 Å². The summed E-state index contributed by atoms with van der Waals surface area (Å²) in [6.07, 6.45) is 8.15. The highest BCUT2D eigenvalue weighted by Gasteiger charge is 2.14. The van der Waals surface area contributed by atoms with E-state index in [9.17, 15) is 4.79 Å². The number of nitrogens with zero attached hydrogens (tertiary/aromatic N) is 3. The molecule has 1 saturated heterocycles. The number of hydrogen-bond acceptors (Lipinski definition) is 5. The third kappa shape index (κ3) is 7.09. The summed E-state index contributed by atoms with van der Waals surface area (Å²) in [4.78, 5) is 21.1. The summed E-state index contributed by atoms with van der Waals surface area (Å²) in [5, 5.41) is 9.15. The maximum atomic E-state index is 12.1. The van der Waals surface area contributed by atoms with Crippen molar-refractivity contribution < 1.29 is 9.53 Å². The Morgan fingerprint density at radius 2 is 2.24 bits per heavy atom. The fourth-order valence-corrected chi connectivity index (χ4v) is 4.11. The monoisotopic (exact) mass is 418 g/mol. The Balaban J connectivity index is 1.45. The number of aromatic nitrogens is 3. The molecule has 3 heterocycles. The van der Waals surface area contributed by atoms with Crippen molar-refractivity contribution in [2.45, 2.75) is 64.1 Å². The first-order valence-corrected chi connectivity index (χ1v) is 14.3. The van der Waals surface area contributed by atoms with Gasteiger partial charge in [-0.3, -0.25) is 5.32 Å². The van der Waals surface area contributed by atoms with Crippen molar-refractivity contribution >= 4 is 31.1 Å². The second kappa shape index (κ2) is 10.2. The predicted octanol–water partition coefficient (Wildman–Crippen LogP) is 3.40. The molecule has 2 aromatic heterocycles. The number of urea groups is 1. The number of nitrogens with one attached hydrogen (secondary N) is 3. The molecule has 1 aliphatic heterocycles. The number of amides is 2. The van der Waals surface area contributed by atoms with Gasteiger partial charge in [0.1, 0.15) is 12.2 Å². The van der Waals surface area contributed by atoms with E-state index in [4.69, 9.17) is 4.74 Å². The van der Waals surface area contributed by atoms with Crippen molar-refractivity contribution in [1.82, 2.24) is 25.2 Å². The predicted molar refractivity (Wildman–Crippen MR) is 119 cm³/mol. The van der Waals surface area contributed by atoms with Crippen LogP contribution >= 0.6 is 0 Å². The number of ether oxygens (including phenoxy) is 1. The van der Waals surface area contributed by atoms with Crippen LogP contribution in [0.4, 0.5) is 10.6 Å². The minimum Gasteiger partial charge on any atom is -0.361 e. The highest BCUT2D eigenvalue weighted by molar-refractivity contribution is 6.76. The summed E-state index contributed by atoms with van der Waals surface area (Å²) in [7, 11) is -1.09. The molecule has 2 amide bonds. The number of piperidine rings is 1. The molecule has 0 aromatic carbocycles. The van der Waals surface area contributed by atoms with Crippen molar-refractivity contribution in [2.24, 2.45) is 0 Å². The molecular formula is C20H34N6O2Si. The normalized spacial score (nSPS) is 17.4. The summed E-state index contributed by atoms with van der Waals surface area (Å²) in [5.41, 5.74) is 1.50. The second-order valence-electron chi connectivity index (χ2n) is 8.91. The zero-order chi connectivity index (χ0) is 20.7. The van der Waals surface area contributed by atoms with Gasteiger partial charge in [0.25, 0.3) is 0 Å². The number of hydrogen-bond donors (Lipinski definition) is 3. The SMILES string of the molecule is C[Si](C)(C)CCOCn1ccc2nc(NC(=O)NCCC3CCCCN3)cnc21. The van der Waals surface area contributed by atoms with Crippen molar-refractivity contribution in [3.05, 3.63) is 18.5 Å². The van der Waals surface area contributed by atoms with E-state index in [1.807, 2.05) is 16.8 Å². The summed E-state index contributed by atoms with van der Waals surface area (Å²) in [6.45, 7) is 9.96. The Kier molecular flexibility index (Phi) is 7.62. The van der Waals surface area contributed by atoms with Gasteiger partial charge in [-0.2, -0.15) is 0 Å². The topological polar surface area (TPSA) is 93.1 Å². The Morgan fingerprint density at radius 3 is 3.00 bits per heavy atom. The standard InChI is InChI=1S/C20H34N6O2Si/c1-29(2,3)13-12-28-15-26-11-8-17-19(26)23-14-18(24-17)25-20(27)22-10-7-16-6-4-5-9-21-16/h8,11,14,16,21H,4-7,9-10,12-13,15H2,1-3H3,(H2,22,24,25,27). The molecule has 1 aliphatic rings. The lowest BCUT2D eigenvalue weighted by atomic mass is 10.0.